The van der Waals surface area contributed by atoms with Gasteiger partial charge < -0.3 is 0 Å². The molecule has 0 aromatic carbocycles. The highest BCUT2D eigenvalue weighted by Gasteiger charge is 2.69. The lowest BCUT2D eigenvalue weighted by atomic mass is 9.32. The highest BCUT2D eigenvalue weighted by Crippen LogP contribution is 2.77. The Morgan fingerprint density at radius 3 is 2.16 bits per heavy atom. The summed E-state index contributed by atoms with van der Waals surface area (Å²) in [6, 6.07) is 0. The first-order valence-electron chi connectivity index (χ1n) is 13.6. The van der Waals surface area contributed by atoms with Gasteiger partial charge in [0.25, 0.3) is 0 Å². The first kappa shape index (κ1) is 22.3. The highest BCUT2D eigenvalue weighted by molar-refractivity contribution is 5.24. The maximum atomic E-state index is 4.55. The van der Waals surface area contributed by atoms with Crippen LogP contribution in [0.25, 0.3) is 0 Å². The highest BCUT2D eigenvalue weighted by atomic mass is 14.7. The van der Waals surface area contributed by atoms with Crippen molar-refractivity contribution >= 4 is 0 Å². The lowest BCUT2D eigenvalue weighted by molar-refractivity contribution is -0.229. The molecule has 5 aliphatic rings. The summed E-state index contributed by atoms with van der Waals surface area (Å²) in [4.78, 5) is 0. The molecular formula is C31H50. The molecule has 174 valence electrons. The second-order valence-corrected chi connectivity index (χ2v) is 14.7. The zero-order valence-electron chi connectivity index (χ0n) is 21.9. The smallest absolute Gasteiger partial charge is 0.0114 e. The summed E-state index contributed by atoms with van der Waals surface area (Å²) in [6.45, 7) is 27.3. The van der Waals surface area contributed by atoms with Crippen molar-refractivity contribution in [1.29, 1.82) is 0 Å². The largest absolute Gasteiger partial charge is 0.0998 e. The van der Waals surface area contributed by atoms with Gasteiger partial charge in [-0.25, -0.2) is 0 Å². The predicted octanol–water partition coefficient (Wildman–Crippen LogP) is 9.22. The molecule has 9 atom stereocenters. The molecule has 0 bridgehead atoms. The average Bonchev–Trinajstić information content (AvgIpc) is 3.04. The van der Waals surface area contributed by atoms with Gasteiger partial charge in [-0.2, -0.15) is 0 Å². The molecule has 0 N–H and O–H groups in total. The molecule has 0 nitrogen and oxygen atoms in total. The molecule has 0 saturated heterocycles. The Kier molecular flexibility index (Phi) is 4.70. The third kappa shape index (κ3) is 2.60. The molecular weight excluding hydrogens is 372 g/mol. The van der Waals surface area contributed by atoms with E-state index in [0.717, 1.165) is 29.6 Å². The van der Waals surface area contributed by atoms with Crippen LogP contribution in [0.15, 0.2) is 24.3 Å². The summed E-state index contributed by atoms with van der Waals surface area (Å²) in [5.41, 5.74) is 5.40. The Bertz CT molecular complexity index is 801. The molecule has 0 spiro atoms. The SMILES string of the molecule is C=C(C)[C@@H]1CCC2(C)CC[C@]3(C)C(CCC4C5(C)CCC(=C)C(C)(C)C5CCC43C)C12. The number of allylic oxidation sites excluding steroid dienone is 2. The molecule has 0 aromatic heterocycles. The number of fused-ring (bicyclic) bond motifs is 7. The van der Waals surface area contributed by atoms with Gasteiger partial charge in [0.15, 0.2) is 0 Å². The van der Waals surface area contributed by atoms with Crippen LogP contribution in [0.1, 0.15) is 113 Å². The monoisotopic (exact) mass is 422 g/mol. The van der Waals surface area contributed by atoms with Crippen LogP contribution >= 0.6 is 0 Å². The van der Waals surface area contributed by atoms with Crippen LogP contribution in [0, 0.1) is 56.7 Å². The lowest BCUT2D eigenvalue weighted by Crippen LogP contribution is -2.65. The molecule has 5 fully saturated rings. The van der Waals surface area contributed by atoms with Crippen LogP contribution in [-0.2, 0) is 0 Å². The van der Waals surface area contributed by atoms with Crippen LogP contribution in [-0.4, -0.2) is 0 Å². The van der Waals surface area contributed by atoms with Gasteiger partial charge in [0.2, 0.25) is 0 Å². The molecule has 31 heavy (non-hydrogen) atoms. The van der Waals surface area contributed by atoms with E-state index in [0.29, 0.717) is 27.1 Å². The minimum absolute atomic E-state index is 0.313. The Morgan fingerprint density at radius 1 is 0.774 bits per heavy atom. The fourth-order valence-corrected chi connectivity index (χ4v) is 11.4. The van der Waals surface area contributed by atoms with E-state index in [4.69, 9.17) is 0 Å². The van der Waals surface area contributed by atoms with E-state index >= 15 is 0 Å². The third-order valence-corrected chi connectivity index (χ3v) is 13.5. The summed E-state index contributed by atoms with van der Waals surface area (Å²) >= 11 is 0. The van der Waals surface area contributed by atoms with Crippen molar-refractivity contribution in [3.05, 3.63) is 24.3 Å². The van der Waals surface area contributed by atoms with Crippen molar-refractivity contribution in [3.8, 4) is 0 Å². The first-order chi connectivity index (χ1) is 14.3. The van der Waals surface area contributed by atoms with E-state index in [1.165, 1.54) is 75.4 Å². The van der Waals surface area contributed by atoms with Crippen LogP contribution in [0.2, 0.25) is 0 Å². The van der Waals surface area contributed by atoms with Crippen molar-refractivity contribution in [2.45, 2.75) is 113 Å². The number of rotatable bonds is 1. The zero-order chi connectivity index (χ0) is 22.6. The molecule has 0 aliphatic heterocycles. The lowest BCUT2D eigenvalue weighted by Gasteiger charge is -2.72. The zero-order valence-corrected chi connectivity index (χ0v) is 21.9. The van der Waals surface area contributed by atoms with Gasteiger partial charge in [-0.15, -0.1) is 0 Å². The second kappa shape index (κ2) is 6.54. The molecule has 0 heteroatoms. The van der Waals surface area contributed by atoms with Crippen LogP contribution in [0.3, 0.4) is 0 Å². The van der Waals surface area contributed by atoms with Gasteiger partial charge in [-0.3, -0.25) is 0 Å². The molecule has 0 aromatic rings. The van der Waals surface area contributed by atoms with Crippen molar-refractivity contribution in [2.24, 2.45) is 56.7 Å². The van der Waals surface area contributed by atoms with Crippen LogP contribution < -0.4 is 0 Å². The summed E-state index contributed by atoms with van der Waals surface area (Å²) in [6.07, 6.45) is 14.2. The summed E-state index contributed by atoms with van der Waals surface area (Å²) in [5, 5.41) is 0. The van der Waals surface area contributed by atoms with Crippen molar-refractivity contribution in [2.75, 3.05) is 0 Å². The maximum absolute atomic E-state index is 4.55. The van der Waals surface area contributed by atoms with E-state index in [1.54, 1.807) is 0 Å². The molecule has 5 rings (SSSR count). The topological polar surface area (TPSA) is 0 Å². The molecule has 5 saturated carbocycles. The molecule has 0 radical (unpaired) electrons. The van der Waals surface area contributed by atoms with E-state index in [2.05, 4.69) is 61.6 Å². The predicted molar refractivity (Wildman–Crippen MR) is 134 cm³/mol. The Labute approximate surface area is 193 Å². The van der Waals surface area contributed by atoms with Crippen LogP contribution in [0.4, 0.5) is 0 Å². The van der Waals surface area contributed by atoms with Gasteiger partial charge in [-0.1, -0.05) is 65.8 Å². The molecule has 0 amide bonds. The van der Waals surface area contributed by atoms with Gasteiger partial charge in [0.05, 0.1) is 0 Å². The summed E-state index contributed by atoms with van der Waals surface area (Å²) in [5.74, 6) is 4.28. The Morgan fingerprint density at radius 2 is 1.48 bits per heavy atom. The molecule has 0 heterocycles. The summed E-state index contributed by atoms with van der Waals surface area (Å²) in [7, 11) is 0. The minimum atomic E-state index is 0.313. The van der Waals surface area contributed by atoms with Crippen molar-refractivity contribution < 1.29 is 0 Å². The van der Waals surface area contributed by atoms with E-state index in [1.807, 2.05) is 0 Å². The molecule has 7 unspecified atom stereocenters. The number of hydrogen-bond donors (Lipinski definition) is 0. The normalized spacial score (nSPS) is 55.6. The maximum Gasteiger partial charge on any atom is -0.0114 e. The van der Waals surface area contributed by atoms with Gasteiger partial charge >= 0.3 is 0 Å². The quantitative estimate of drug-likeness (QED) is 0.369. The first-order valence-corrected chi connectivity index (χ1v) is 13.6. The summed E-state index contributed by atoms with van der Waals surface area (Å²) < 4.78 is 0. The molecule has 5 aliphatic carbocycles. The van der Waals surface area contributed by atoms with Crippen molar-refractivity contribution in [1.82, 2.24) is 0 Å². The van der Waals surface area contributed by atoms with E-state index in [-0.39, 0.29) is 0 Å². The minimum Gasteiger partial charge on any atom is -0.0998 e. The fraction of sp³-hybridized carbons (Fsp3) is 0.871. The standard InChI is InChI=1S/C31H50/c1-20(2)22-13-15-28(6)18-19-30(8)23(26(22)28)10-11-25-29(7)16-12-21(3)27(4,5)24(29)14-17-31(25,30)9/h22-26H,1,3,10-19H2,2,4-9H3/t22-,23?,24?,25?,26?,28?,29?,30+,31?/m0/s1. The second-order valence-electron chi connectivity index (χ2n) is 14.7. The average molecular weight is 423 g/mol. The Hall–Kier alpha value is -0.520. The number of hydrogen-bond acceptors (Lipinski definition) is 0. The fourth-order valence-electron chi connectivity index (χ4n) is 11.4. The van der Waals surface area contributed by atoms with E-state index in [9.17, 15) is 0 Å². The van der Waals surface area contributed by atoms with Crippen LogP contribution in [0.5, 0.6) is 0 Å². The van der Waals surface area contributed by atoms with Gasteiger partial charge in [-0.05, 0) is 128 Å². The van der Waals surface area contributed by atoms with E-state index < -0.39 is 0 Å². The van der Waals surface area contributed by atoms with Gasteiger partial charge in [0, 0.05) is 0 Å². The van der Waals surface area contributed by atoms with Gasteiger partial charge in [0.1, 0.15) is 0 Å². The Balaban J connectivity index is 1.55. The van der Waals surface area contributed by atoms with Crippen molar-refractivity contribution in [3.63, 3.8) is 0 Å². The third-order valence-electron chi connectivity index (χ3n) is 13.5.